The molecule has 64 valence electrons. The van der Waals surface area contributed by atoms with Gasteiger partial charge in [-0.05, 0) is 37.5 Å². The average Bonchev–Trinajstić information content (AvgIpc) is 2.79. The summed E-state index contributed by atoms with van der Waals surface area (Å²) in [5.74, 6) is 0.144. The van der Waals surface area contributed by atoms with Gasteiger partial charge in [0.15, 0.2) is 11.6 Å². The van der Waals surface area contributed by atoms with Crippen molar-refractivity contribution in [2.45, 2.75) is 25.9 Å². The number of benzene rings is 1. The number of ether oxygens (including phenoxy) is 1. The van der Waals surface area contributed by atoms with Crippen LogP contribution in [0.5, 0.6) is 5.75 Å². The molecule has 1 nitrogen and oxygen atoms in total. The van der Waals surface area contributed by atoms with Gasteiger partial charge < -0.3 is 4.74 Å². The van der Waals surface area contributed by atoms with Gasteiger partial charge in [-0.25, -0.2) is 4.39 Å². The summed E-state index contributed by atoms with van der Waals surface area (Å²) in [4.78, 5) is 0. The molecule has 0 unspecified atom stereocenters. The highest BCUT2D eigenvalue weighted by atomic mass is 19.1. The van der Waals surface area contributed by atoms with Gasteiger partial charge in [0.05, 0.1) is 6.10 Å². The molecule has 12 heavy (non-hydrogen) atoms. The Labute approximate surface area is 71.2 Å². The van der Waals surface area contributed by atoms with E-state index in [1.54, 1.807) is 6.07 Å². The lowest BCUT2D eigenvalue weighted by molar-refractivity contribution is 0.287. The molecule has 2 rings (SSSR count). The molecule has 0 bridgehead atoms. The Kier molecular flexibility index (Phi) is 1.75. The molecule has 0 spiro atoms. The van der Waals surface area contributed by atoms with Crippen molar-refractivity contribution in [2.24, 2.45) is 0 Å². The van der Waals surface area contributed by atoms with Gasteiger partial charge >= 0.3 is 0 Å². The molecule has 1 aliphatic rings. The first-order valence-electron chi connectivity index (χ1n) is 4.18. The molecule has 0 aliphatic heterocycles. The molecule has 1 saturated carbocycles. The molecule has 0 N–H and O–H groups in total. The van der Waals surface area contributed by atoms with Crippen LogP contribution in [0.4, 0.5) is 4.39 Å². The fraction of sp³-hybridized carbons (Fsp3) is 0.400. The van der Waals surface area contributed by atoms with E-state index in [0.717, 1.165) is 18.4 Å². The quantitative estimate of drug-likeness (QED) is 0.656. The monoisotopic (exact) mass is 166 g/mol. The van der Waals surface area contributed by atoms with Gasteiger partial charge in [0, 0.05) is 0 Å². The second kappa shape index (κ2) is 2.77. The van der Waals surface area contributed by atoms with Crippen molar-refractivity contribution in [3.8, 4) is 5.75 Å². The fourth-order valence-corrected chi connectivity index (χ4v) is 1.07. The zero-order chi connectivity index (χ0) is 8.55. The van der Waals surface area contributed by atoms with E-state index >= 15 is 0 Å². The Bertz CT molecular complexity index is 292. The van der Waals surface area contributed by atoms with Crippen LogP contribution in [0.3, 0.4) is 0 Å². The predicted octanol–water partition coefficient (Wildman–Crippen LogP) is 2.68. The second-order valence-corrected chi connectivity index (χ2v) is 3.25. The van der Waals surface area contributed by atoms with Gasteiger partial charge in [-0.15, -0.1) is 0 Å². The zero-order valence-corrected chi connectivity index (χ0v) is 7.01. The van der Waals surface area contributed by atoms with Crippen LogP contribution >= 0.6 is 0 Å². The summed E-state index contributed by atoms with van der Waals surface area (Å²) in [5.41, 5.74) is 0.927. The van der Waals surface area contributed by atoms with Gasteiger partial charge in [0.25, 0.3) is 0 Å². The minimum atomic E-state index is -0.248. The Hall–Kier alpha value is -1.05. The summed E-state index contributed by atoms with van der Waals surface area (Å²) in [5, 5.41) is 0. The molecule has 0 atom stereocenters. The third-order valence-corrected chi connectivity index (χ3v) is 1.91. The summed E-state index contributed by atoms with van der Waals surface area (Å²) in [7, 11) is 0. The summed E-state index contributed by atoms with van der Waals surface area (Å²) in [6.45, 7) is 1.87. The predicted molar refractivity (Wildman–Crippen MR) is 44.8 cm³/mol. The highest BCUT2D eigenvalue weighted by Gasteiger charge is 2.24. The fourth-order valence-electron chi connectivity index (χ4n) is 1.07. The van der Waals surface area contributed by atoms with Gasteiger partial charge in [-0.2, -0.15) is 0 Å². The molecule has 0 aromatic heterocycles. The lowest BCUT2D eigenvalue weighted by Gasteiger charge is -2.05. The van der Waals surface area contributed by atoms with Crippen LogP contribution in [0.25, 0.3) is 0 Å². The van der Waals surface area contributed by atoms with E-state index in [-0.39, 0.29) is 11.9 Å². The van der Waals surface area contributed by atoms with Crippen molar-refractivity contribution in [3.63, 3.8) is 0 Å². The first-order valence-corrected chi connectivity index (χ1v) is 4.18. The molecule has 0 amide bonds. The largest absolute Gasteiger partial charge is 0.487 e. The van der Waals surface area contributed by atoms with Crippen molar-refractivity contribution in [1.82, 2.24) is 0 Å². The highest BCUT2D eigenvalue weighted by molar-refractivity contribution is 5.29. The Balaban J connectivity index is 2.18. The zero-order valence-electron chi connectivity index (χ0n) is 7.01. The molecule has 0 heterocycles. The summed E-state index contributed by atoms with van der Waals surface area (Å²) >= 11 is 0. The maximum absolute atomic E-state index is 13.1. The van der Waals surface area contributed by atoms with Crippen LogP contribution in [0.15, 0.2) is 18.2 Å². The summed E-state index contributed by atoms with van der Waals surface area (Å²) < 4.78 is 18.4. The third kappa shape index (κ3) is 1.58. The standard InChI is InChI=1S/C10H11FO/c1-7-2-5-10(9(11)6-7)12-8-3-4-8/h2,5-6,8H,3-4H2,1H3. The van der Waals surface area contributed by atoms with Crippen molar-refractivity contribution in [3.05, 3.63) is 29.6 Å². The van der Waals surface area contributed by atoms with E-state index in [0.29, 0.717) is 5.75 Å². The van der Waals surface area contributed by atoms with Gasteiger partial charge in [-0.3, -0.25) is 0 Å². The van der Waals surface area contributed by atoms with Crippen LogP contribution in [0.2, 0.25) is 0 Å². The maximum atomic E-state index is 13.1. The molecule has 0 radical (unpaired) electrons. The maximum Gasteiger partial charge on any atom is 0.165 e. The van der Waals surface area contributed by atoms with Crippen LogP contribution in [-0.4, -0.2) is 6.10 Å². The minimum absolute atomic E-state index is 0.248. The molecule has 1 fully saturated rings. The molecular formula is C10H11FO. The summed E-state index contributed by atoms with van der Waals surface area (Å²) in [6, 6.07) is 5.06. The van der Waals surface area contributed by atoms with E-state index in [1.807, 2.05) is 13.0 Å². The van der Waals surface area contributed by atoms with E-state index in [1.165, 1.54) is 6.07 Å². The molecule has 1 aliphatic carbocycles. The first kappa shape index (κ1) is 7.59. The lowest BCUT2D eigenvalue weighted by atomic mass is 10.2. The lowest BCUT2D eigenvalue weighted by Crippen LogP contribution is -1.98. The topological polar surface area (TPSA) is 9.23 Å². The number of aryl methyl sites for hydroxylation is 1. The van der Waals surface area contributed by atoms with E-state index in [4.69, 9.17) is 4.74 Å². The molecular weight excluding hydrogens is 155 g/mol. The number of hydrogen-bond donors (Lipinski definition) is 0. The third-order valence-electron chi connectivity index (χ3n) is 1.91. The van der Waals surface area contributed by atoms with Crippen molar-refractivity contribution >= 4 is 0 Å². The SMILES string of the molecule is Cc1ccc(OC2CC2)c(F)c1. The van der Waals surface area contributed by atoms with Crippen molar-refractivity contribution < 1.29 is 9.13 Å². The Morgan fingerprint density at radius 3 is 2.75 bits per heavy atom. The number of rotatable bonds is 2. The average molecular weight is 166 g/mol. The van der Waals surface area contributed by atoms with Crippen LogP contribution in [-0.2, 0) is 0 Å². The smallest absolute Gasteiger partial charge is 0.165 e. The van der Waals surface area contributed by atoms with Crippen LogP contribution in [0, 0.1) is 12.7 Å². The Morgan fingerprint density at radius 1 is 1.42 bits per heavy atom. The van der Waals surface area contributed by atoms with E-state index in [2.05, 4.69) is 0 Å². The second-order valence-electron chi connectivity index (χ2n) is 3.25. The Morgan fingerprint density at radius 2 is 2.17 bits per heavy atom. The number of halogens is 1. The summed E-state index contributed by atoms with van der Waals surface area (Å²) in [6.07, 6.45) is 2.39. The highest BCUT2D eigenvalue weighted by Crippen LogP contribution is 2.28. The van der Waals surface area contributed by atoms with Crippen molar-refractivity contribution in [2.75, 3.05) is 0 Å². The minimum Gasteiger partial charge on any atom is -0.487 e. The van der Waals surface area contributed by atoms with Gasteiger partial charge in [0.2, 0.25) is 0 Å². The molecule has 2 heteroatoms. The normalized spacial score (nSPS) is 16.2. The molecule has 0 saturated heterocycles. The number of hydrogen-bond acceptors (Lipinski definition) is 1. The molecule has 1 aromatic rings. The molecule has 1 aromatic carbocycles. The van der Waals surface area contributed by atoms with E-state index < -0.39 is 0 Å². The van der Waals surface area contributed by atoms with Gasteiger partial charge in [0.1, 0.15) is 0 Å². The first-order chi connectivity index (χ1) is 5.75. The van der Waals surface area contributed by atoms with Gasteiger partial charge in [-0.1, -0.05) is 6.07 Å². The van der Waals surface area contributed by atoms with E-state index in [9.17, 15) is 4.39 Å². The van der Waals surface area contributed by atoms with Crippen LogP contribution in [0.1, 0.15) is 18.4 Å². The van der Waals surface area contributed by atoms with Crippen LogP contribution < -0.4 is 4.74 Å². The van der Waals surface area contributed by atoms with Crippen molar-refractivity contribution in [1.29, 1.82) is 0 Å².